The third-order valence-electron chi connectivity index (χ3n) is 2.97. The number of benzene rings is 1. The van der Waals surface area contributed by atoms with Crippen LogP contribution < -0.4 is 5.32 Å². The van der Waals surface area contributed by atoms with Crippen molar-refractivity contribution in [3.05, 3.63) is 35.1 Å². The van der Waals surface area contributed by atoms with E-state index in [2.05, 4.69) is 5.32 Å². The van der Waals surface area contributed by atoms with E-state index in [0.717, 1.165) is 0 Å². The molecule has 0 aliphatic carbocycles. The summed E-state index contributed by atoms with van der Waals surface area (Å²) in [5, 5.41) is 2.20. The summed E-state index contributed by atoms with van der Waals surface area (Å²) < 4.78 is 13.4. The van der Waals surface area contributed by atoms with Crippen molar-refractivity contribution in [2.45, 2.75) is 19.9 Å². The highest BCUT2D eigenvalue weighted by Crippen LogP contribution is 2.23. The molecule has 2 rings (SSSR count). The predicted molar refractivity (Wildman–Crippen MR) is 59.8 cm³/mol. The van der Waals surface area contributed by atoms with Crippen molar-refractivity contribution < 1.29 is 14.0 Å². The summed E-state index contributed by atoms with van der Waals surface area (Å²) in [6.45, 7) is 3.47. The SMILES string of the molecule is Cc1ccc(C(C)N2CC(=O)NC2=O)cc1F. The number of hydrogen-bond acceptors (Lipinski definition) is 2. The molecule has 17 heavy (non-hydrogen) atoms. The Bertz CT molecular complexity index is 487. The Hall–Kier alpha value is -1.91. The molecule has 1 saturated heterocycles. The first-order chi connectivity index (χ1) is 7.99. The fourth-order valence-electron chi connectivity index (χ4n) is 1.82. The lowest BCUT2D eigenvalue weighted by Gasteiger charge is -2.22. The van der Waals surface area contributed by atoms with E-state index < -0.39 is 6.03 Å². The molecule has 1 aliphatic rings. The van der Waals surface area contributed by atoms with Crippen LogP contribution in [0.2, 0.25) is 0 Å². The predicted octanol–water partition coefficient (Wildman–Crippen LogP) is 1.75. The monoisotopic (exact) mass is 236 g/mol. The highest BCUT2D eigenvalue weighted by atomic mass is 19.1. The van der Waals surface area contributed by atoms with E-state index in [4.69, 9.17) is 0 Å². The van der Waals surface area contributed by atoms with Crippen LogP contribution in [0.25, 0.3) is 0 Å². The Labute approximate surface area is 98.4 Å². The third kappa shape index (κ3) is 2.13. The number of rotatable bonds is 2. The zero-order chi connectivity index (χ0) is 12.6. The van der Waals surface area contributed by atoms with Crippen molar-refractivity contribution in [2.24, 2.45) is 0 Å². The van der Waals surface area contributed by atoms with E-state index in [9.17, 15) is 14.0 Å². The Kier molecular flexibility index (Phi) is 2.83. The number of carbonyl (C=O) groups excluding carboxylic acids is 2. The molecule has 0 saturated carbocycles. The van der Waals surface area contributed by atoms with Crippen molar-refractivity contribution in [1.29, 1.82) is 0 Å². The second-order valence-electron chi connectivity index (χ2n) is 4.17. The summed E-state index contributed by atoms with van der Waals surface area (Å²) in [6, 6.07) is 4.08. The van der Waals surface area contributed by atoms with Gasteiger partial charge in [0.05, 0.1) is 6.04 Å². The molecule has 1 aromatic rings. The number of nitrogens with zero attached hydrogens (tertiary/aromatic N) is 1. The number of imide groups is 1. The number of urea groups is 1. The maximum absolute atomic E-state index is 13.4. The van der Waals surface area contributed by atoms with Gasteiger partial charge in [-0.05, 0) is 31.0 Å². The molecule has 1 unspecified atom stereocenters. The van der Waals surface area contributed by atoms with Crippen LogP contribution in [0, 0.1) is 12.7 Å². The van der Waals surface area contributed by atoms with E-state index in [1.165, 1.54) is 11.0 Å². The lowest BCUT2D eigenvalue weighted by atomic mass is 10.1. The van der Waals surface area contributed by atoms with Gasteiger partial charge in [0.1, 0.15) is 12.4 Å². The van der Waals surface area contributed by atoms with Gasteiger partial charge in [-0.1, -0.05) is 12.1 Å². The molecule has 1 N–H and O–H groups in total. The third-order valence-corrected chi connectivity index (χ3v) is 2.97. The van der Waals surface area contributed by atoms with E-state index in [1.807, 2.05) is 0 Å². The van der Waals surface area contributed by atoms with Crippen molar-refractivity contribution in [3.8, 4) is 0 Å². The smallest absolute Gasteiger partial charge is 0.308 e. The topological polar surface area (TPSA) is 49.4 Å². The summed E-state index contributed by atoms with van der Waals surface area (Å²) in [5.74, 6) is -0.630. The standard InChI is InChI=1S/C12H13FN2O2/c1-7-3-4-9(5-10(7)13)8(2)15-6-11(16)14-12(15)17/h3-5,8H,6H2,1-2H3,(H,14,16,17). The first-order valence-corrected chi connectivity index (χ1v) is 5.35. The molecule has 1 atom stereocenters. The molecule has 90 valence electrons. The zero-order valence-corrected chi connectivity index (χ0v) is 9.66. The van der Waals surface area contributed by atoms with Gasteiger partial charge < -0.3 is 4.90 Å². The fourth-order valence-corrected chi connectivity index (χ4v) is 1.82. The van der Waals surface area contributed by atoms with E-state index >= 15 is 0 Å². The highest BCUT2D eigenvalue weighted by molar-refractivity contribution is 6.02. The molecule has 0 aromatic heterocycles. The number of halogens is 1. The first-order valence-electron chi connectivity index (χ1n) is 5.35. The first kappa shape index (κ1) is 11.6. The quantitative estimate of drug-likeness (QED) is 0.795. The Balaban J connectivity index is 2.25. The van der Waals surface area contributed by atoms with E-state index in [0.29, 0.717) is 11.1 Å². The van der Waals surface area contributed by atoms with Crippen LogP contribution in [-0.4, -0.2) is 23.4 Å². The fraction of sp³-hybridized carbons (Fsp3) is 0.333. The number of aryl methyl sites for hydroxylation is 1. The van der Waals surface area contributed by atoms with Gasteiger partial charge in [-0.3, -0.25) is 10.1 Å². The van der Waals surface area contributed by atoms with Crippen LogP contribution in [0.15, 0.2) is 18.2 Å². The lowest BCUT2D eigenvalue weighted by molar-refractivity contribution is -0.118. The van der Waals surface area contributed by atoms with Crippen LogP contribution >= 0.6 is 0 Å². The molecule has 1 aliphatic heterocycles. The average molecular weight is 236 g/mol. The lowest BCUT2D eigenvalue weighted by Crippen LogP contribution is -2.30. The summed E-state index contributed by atoms with van der Waals surface area (Å²) >= 11 is 0. The molecule has 0 spiro atoms. The summed E-state index contributed by atoms with van der Waals surface area (Å²) in [6.07, 6.45) is 0. The van der Waals surface area contributed by atoms with Gasteiger partial charge >= 0.3 is 6.03 Å². The van der Waals surface area contributed by atoms with Crippen LogP contribution in [0.1, 0.15) is 24.1 Å². The minimum Gasteiger partial charge on any atom is -0.308 e. The minimum absolute atomic E-state index is 0.0233. The van der Waals surface area contributed by atoms with Gasteiger partial charge in [-0.15, -0.1) is 0 Å². The highest BCUT2D eigenvalue weighted by Gasteiger charge is 2.31. The number of carbonyl (C=O) groups is 2. The Morgan fingerprint density at radius 1 is 1.41 bits per heavy atom. The average Bonchev–Trinajstić information content (AvgIpc) is 2.61. The molecule has 1 aromatic carbocycles. The number of amides is 3. The van der Waals surface area contributed by atoms with Gasteiger partial charge in [0, 0.05) is 0 Å². The maximum Gasteiger partial charge on any atom is 0.325 e. The zero-order valence-electron chi connectivity index (χ0n) is 9.66. The Morgan fingerprint density at radius 3 is 2.65 bits per heavy atom. The van der Waals surface area contributed by atoms with Crippen LogP contribution in [0.5, 0.6) is 0 Å². The maximum atomic E-state index is 13.4. The van der Waals surface area contributed by atoms with Crippen LogP contribution in [0.3, 0.4) is 0 Å². The van der Waals surface area contributed by atoms with Gasteiger partial charge in [0.2, 0.25) is 5.91 Å². The Morgan fingerprint density at radius 2 is 2.12 bits per heavy atom. The molecule has 5 heteroatoms. The number of hydrogen-bond donors (Lipinski definition) is 1. The van der Waals surface area contributed by atoms with Gasteiger partial charge in [0.15, 0.2) is 0 Å². The van der Waals surface area contributed by atoms with Gasteiger partial charge in [-0.2, -0.15) is 0 Å². The van der Waals surface area contributed by atoms with Gasteiger partial charge in [0.25, 0.3) is 0 Å². The minimum atomic E-state index is -0.427. The molecular weight excluding hydrogens is 223 g/mol. The van der Waals surface area contributed by atoms with Crippen molar-refractivity contribution >= 4 is 11.9 Å². The molecule has 1 heterocycles. The molecule has 0 radical (unpaired) electrons. The van der Waals surface area contributed by atoms with Crippen molar-refractivity contribution in [2.75, 3.05) is 6.54 Å². The molecule has 4 nitrogen and oxygen atoms in total. The molecule has 3 amide bonds. The van der Waals surface area contributed by atoms with Crippen molar-refractivity contribution in [3.63, 3.8) is 0 Å². The van der Waals surface area contributed by atoms with Crippen molar-refractivity contribution in [1.82, 2.24) is 10.2 Å². The number of nitrogens with one attached hydrogen (secondary N) is 1. The molecule has 1 fully saturated rings. The van der Waals surface area contributed by atoms with E-state index in [1.54, 1.807) is 26.0 Å². The van der Waals surface area contributed by atoms with E-state index in [-0.39, 0.29) is 24.3 Å². The van der Waals surface area contributed by atoms with Gasteiger partial charge in [-0.25, -0.2) is 9.18 Å². The van der Waals surface area contributed by atoms with Crippen LogP contribution in [-0.2, 0) is 4.79 Å². The second-order valence-corrected chi connectivity index (χ2v) is 4.17. The summed E-state index contributed by atoms with van der Waals surface area (Å²) in [5.41, 5.74) is 1.24. The summed E-state index contributed by atoms with van der Waals surface area (Å²) in [7, 11) is 0. The largest absolute Gasteiger partial charge is 0.325 e. The van der Waals surface area contributed by atoms with Crippen LogP contribution in [0.4, 0.5) is 9.18 Å². The summed E-state index contributed by atoms with van der Waals surface area (Å²) in [4.78, 5) is 23.9. The normalized spacial score (nSPS) is 17.2. The molecular formula is C12H13FN2O2. The second kappa shape index (κ2) is 4.16. The molecule has 0 bridgehead atoms.